The van der Waals surface area contributed by atoms with Crippen molar-refractivity contribution < 1.29 is 14.6 Å². The fraction of sp³-hybridized carbons (Fsp3) is 0.696. The largest absolute Gasteiger partial charge is 0.462 e. The normalized spacial score (nSPS) is 27.2. The van der Waals surface area contributed by atoms with E-state index in [1.54, 1.807) is 0 Å². The Labute approximate surface area is 196 Å². The molecule has 2 heterocycles. The second-order valence-electron chi connectivity index (χ2n) is 9.50. The first-order chi connectivity index (χ1) is 14.6. The summed E-state index contributed by atoms with van der Waals surface area (Å²) in [6, 6.07) is 6.40. The Morgan fingerprint density at radius 2 is 2.06 bits per heavy atom. The summed E-state index contributed by atoms with van der Waals surface area (Å²) in [4.78, 5) is 12.0. The van der Waals surface area contributed by atoms with E-state index >= 15 is 0 Å². The first-order valence-electron chi connectivity index (χ1n) is 11.0. The molecule has 1 aromatic rings. The van der Waals surface area contributed by atoms with E-state index in [4.69, 9.17) is 28.9 Å². The zero-order valence-corrected chi connectivity index (χ0v) is 20.3. The van der Waals surface area contributed by atoms with Gasteiger partial charge < -0.3 is 25.8 Å². The highest BCUT2D eigenvalue weighted by molar-refractivity contribution is 6.42. The van der Waals surface area contributed by atoms with Gasteiger partial charge >= 0.3 is 0 Å². The topological polar surface area (TPSA) is 87.8 Å². The lowest BCUT2D eigenvalue weighted by Gasteiger charge is -2.37. The van der Waals surface area contributed by atoms with Gasteiger partial charge in [0.05, 0.1) is 16.1 Å². The molecular formula is C23H37Cl2N3O3. The third-order valence-corrected chi connectivity index (χ3v) is 6.48. The van der Waals surface area contributed by atoms with Crippen LogP contribution in [0.2, 0.25) is 10.0 Å². The molecular weight excluding hydrogens is 437 g/mol. The van der Waals surface area contributed by atoms with Crippen molar-refractivity contribution in [1.82, 2.24) is 10.2 Å². The van der Waals surface area contributed by atoms with Crippen LogP contribution in [0.3, 0.4) is 0 Å². The number of nitrogens with two attached hydrogens (primary N) is 1. The lowest BCUT2D eigenvalue weighted by molar-refractivity contribution is -0.138. The molecule has 0 spiro atoms. The highest BCUT2D eigenvalue weighted by Crippen LogP contribution is 2.32. The predicted octanol–water partition coefficient (Wildman–Crippen LogP) is 3.57. The quantitative estimate of drug-likeness (QED) is 0.566. The number of carbonyl (C=O) groups is 1. The molecule has 176 valence electrons. The summed E-state index contributed by atoms with van der Waals surface area (Å²) in [5.41, 5.74) is 7.20. The van der Waals surface area contributed by atoms with Gasteiger partial charge in [0, 0.05) is 31.1 Å². The van der Waals surface area contributed by atoms with Crippen LogP contribution in [-0.4, -0.2) is 66.4 Å². The van der Waals surface area contributed by atoms with Gasteiger partial charge in [0.1, 0.15) is 5.60 Å². The van der Waals surface area contributed by atoms with E-state index in [9.17, 15) is 9.90 Å². The van der Waals surface area contributed by atoms with E-state index in [-0.39, 0.29) is 17.7 Å². The number of benzene rings is 1. The number of hydrogen-bond donors (Lipinski definition) is 3. The molecule has 0 bridgehead atoms. The molecule has 8 heteroatoms. The molecule has 1 aromatic carbocycles. The number of aliphatic hydroxyl groups is 1. The summed E-state index contributed by atoms with van der Waals surface area (Å²) >= 11 is 12.2. The summed E-state index contributed by atoms with van der Waals surface area (Å²) in [6.45, 7) is 9.67. The van der Waals surface area contributed by atoms with Crippen molar-refractivity contribution in [2.24, 2.45) is 5.73 Å². The molecule has 0 radical (unpaired) electrons. The van der Waals surface area contributed by atoms with Crippen molar-refractivity contribution in [2.45, 2.75) is 76.2 Å². The van der Waals surface area contributed by atoms with Gasteiger partial charge in [0.2, 0.25) is 0 Å². The Hall–Kier alpha value is -0.890. The van der Waals surface area contributed by atoms with Crippen molar-refractivity contribution in [3.8, 4) is 0 Å². The SMILES string of the molecule is CC(C)(C)OC=O.N[C@@H]1CNC(CCN2CCCC(O)C2)C[C@H]1c1ccc(Cl)c(Cl)c1. The number of nitrogens with one attached hydrogen (secondary N) is 1. The fourth-order valence-electron chi connectivity index (χ4n) is 4.07. The van der Waals surface area contributed by atoms with Crippen LogP contribution in [0.1, 0.15) is 57.9 Å². The Morgan fingerprint density at radius 3 is 2.65 bits per heavy atom. The van der Waals surface area contributed by atoms with Crippen molar-refractivity contribution in [2.75, 3.05) is 26.2 Å². The molecule has 3 rings (SSSR count). The number of nitrogens with zero attached hydrogens (tertiary/aromatic N) is 1. The molecule has 0 amide bonds. The van der Waals surface area contributed by atoms with E-state index in [0.717, 1.165) is 51.9 Å². The van der Waals surface area contributed by atoms with Crippen LogP contribution in [0.25, 0.3) is 0 Å². The molecule has 0 aromatic heterocycles. The summed E-state index contributed by atoms with van der Waals surface area (Å²) in [6.07, 6.45) is 3.96. The molecule has 4 N–H and O–H groups in total. The van der Waals surface area contributed by atoms with E-state index in [1.165, 1.54) is 5.56 Å². The van der Waals surface area contributed by atoms with Crippen LogP contribution in [0, 0.1) is 0 Å². The van der Waals surface area contributed by atoms with Gasteiger partial charge in [-0.15, -0.1) is 0 Å². The third-order valence-electron chi connectivity index (χ3n) is 5.75. The Bertz CT molecular complexity index is 699. The van der Waals surface area contributed by atoms with Gasteiger partial charge in [-0.3, -0.25) is 4.79 Å². The van der Waals surface area contributed by atoms with Crippen LogP contribution >= 0.6 is 23.2 Å². The molecule has 2 aliphatic heterocycles. The lowest BCUT2D eigenvalue weighted by Crippen LogP contribution is -2.51. The monoisotopic (exact) mass is 473 g/mol. The van der Waals surface area contributed by atoms with E-state index < -0.39 is 0 Å². The van der Waals surface area contributed by atoms with E-state index in [0.29, 0.717) is 28.5 Å². The third kappa shape index (κ3) is 9.24. The predicted molar refractivity (Wildman–Crippen MR) is 127 cm³/mol. The Morgan fingerprint density at radius 1 is 1.32 bits per heavy atom. The number of likely N-dealkylation sites (tertiary alicyclic amines) is 1. The Balaban J connectivity index is 0.000000423. The smallest absolute Gasteiger partial charge is 0.293 e. The highest BCUT2D eigenvalue weighted by Gasteiger charge is 2.30. The highest BCUT2D eigenvalue weighted by atomic mass is 35.5. The van der Waals surface area contributed by atoms with Gasteiger partial charge in [-0.05, 0) is 77.2 Å². The standard InChI is InChI=1S/C18H27Cl2N3O.C5H10O2/c19-16-4-3-12(8-17(16)20)15-9-13(22-10-18(15)21)5-7-23-6-1-2-14(24)11-23;1-5(2,3)7-4-6/h3-4,8,13-15,18,22,24H,1-2,5-7,9-11,21H2;4H,1-3H3/t13?,14?,15-,18+;/m0./s1. The Kier molecular flexibility index (Phi) is 10.5. The minimum Gasteiger partial charge on any atom is -0.462 e. The number of ether oxygens (including phenoxy) is 1. The van der Waals surface area contributed by atoms with Gasteiger partial charge in [-0.1, -0.05) is 29.3 Å². The summed E-state index contributed by atoms with van der Waals surface area (Å²) in [7, 11) is 0. The number of carbonyl (C=O) groups excluding carboxylic acids is 1. The van der Waals surface area contributed by atoms with Crippen LogP contribution in [0.15, 0.2) is 18.2 Å². The second-order valence-corrected chi connectivity index (χ2v) is 10.3. The molecule has 2 aliphatic rings. The molecule has 2 saturated heterocycles. The summed E-state index contributed by atoms with van der Waals surface area (Å²) in [5.74, 6) is 0.304. The zero-order valence-electron chi connectivity index (χ0n) is 18.8. The average Bonchev–Trinajstić information content (AvgIpc) is 2.69. The van der Waals surface area contributed by atoms with Crippen LogP contribution < -0.4 is 11.1 Å². The lowest BCUT2D eigenvalue weighted by atomic mass is 9.82. The molecule has 0 saturated carbocycles. The average molecular weight is 474 g/mol. The van der Waals surface area contributed by atoms with E-state index in [2.05, 4.69) is 15.0 Å². The van der Waals surface area contributed by atoms with Crippen molar-refractivity contribution in [3.05, 3.63) is 33.8 Å². The van der Waals surface area contributed by atoms with E-state index in [1.807, 2.05) is 39.0 Å². The van der Waals surface area contributed by atoms with Crippen molar-refractivity contribution in [1.29, 1.82) is 0 Å². The van der Waals surface area contributed by atoms with Crippen LogP contribution in [-0.2, 0) is 9.53 Å². The summed E-state index contributed by atoms with van der Waals surface area (Å²) < 4.78 is 4.55. The molecule has 6 nitrogen and oxygen atoms in total. The number of β-amino-alcohol motifs (C(OH)–C–C–N with tert-alkyl or cyclic N) is 1. The van der Waals surface area contributed by atoms with Crippen LogP contribution in [0.4, 0.5) is 0 Å². The van der Waals surface area contributed by atoms with Gasteiger partial charge in [0.25, 0.3) is 6.47 Å². The number of piperidine rings is 2. The first kappa shape index (κ1) is 26.4. The molecule has 31 heavy (non-hydrogen) atoms. The van der Waals surface area contributed by atoms with Gasteiger partial charge in [-0.2, -0.15) is 0 Å². The first-order valence-corrected chi connectivity index (χ1v) is 11.8. The zero-order chi connectivity index (χ0) is 23.0. The molecule has 4 atom stereocenters. The maximum atomic E-state index is 9.79. The van der Waals surface area contributed by atoms with Gasteiger partial charge in [0.15, 0.2) is 0 Å². The molecule has 2 unspecified atom stereocenters. The minimum absolute atomic E-state index is 0.0929. The maximum Gasteiger partial charge on any atom is 0.293 e. The van der Waals surface area contributed by atoms with Crippen LogP contribution in [0.5, 0.6) is 0 Å². The maximum absolute atomic E-state index is 9.79. The minimum atomic E-state index is -0.318. The summed E-state index contributed by atoms with van der Waals surface area (Å²) in [5, 5.41) is 14.5. The molecule has 2 fully saturated rings. The number of halogens is 2. The van der Waals surface area contributed by atoms with Gasteiger partial charge in [-0.25, -0.2) is 0 Å². The number of aliphatic hydroxyl groups excluding tert-OH is 1. The molecule has 0 aliphatic carbocycles. The number of rotatable bonds is 5. The van der Waals surface area contributed by atoms with Crippen molar-refractivity contribution >= 4 is 29.7 Å². The second kappa shape index (κ2) is 12.4. The number of hydrogen-bond acceptors (Lipinski definition) is 6. The van der Waals surface area contributed by atoms with Crippen molar-refractivity contribution in [3.63, 3.8) is 0 Å². The fourth-order valence-corrected chi connectivity index (χ4v) is 4.38.